The third-order valence-electron chi connectivity index (χ3n) is 8.45. The van der Waals surface area contributed by atoms with Crippen LogP contribution in [-0.2, 0) is 4.79 Å². The number of unbranched alkanes of at least 4 members (excludes halogenated alkanes) is 10. The van der Waals surface area contributed by atoms with E-state index in [9.17, 15) is 15.0 Å². The van der Waals surface area contributed by atoms with Gasteiger partial charge in [-0.1, -0.05) is 180 Å². The van der Waals surface area contributed by atoms with Gasteiger partial charge in [-0.05, 0) is 89.9 Å². The zero-order chi connectivity index (χ0) is 37.8. The molecule has 4 nitrogen and oxygen atoms in total. The zero-order valence-corrected chi connectivity index (χ0v) is 33.3. The maximum Gasteiger partial charge on any atom is 0.220 e. The number of carbonyl (C=O) groups is 1. The Labute approximate surface area is 320 Å². The number of rotatable bonds is 35. The molecule has 1 amide bonds. The first-order valence-corrected chi connectivity index (χ1v) is 20.7. The van der Waals surface area contributed by atoms with Crippen LogP contribution < -0.4 is 5.32 Å². The van der Waals surface area contributed by atoms with Gasteiger partial charge < -0.3 is 15.5 Å². The van der Waals surface area contributed by atoms with Crippen LogP contribution in [0.2, 0.25) is 0 Å². The fourth-order valence-corrected chi connectivity index (χ4v) is 5.28. The zero-order valence-electron chi connectivity index (χ0n) is 33.3. The molecule has 0 aliphatic carbocycles. The predicted octanol–water partition coefficient (Wildman–Crippen LogP) is 13.0. The summed E-state index contributed by atoms with van der Waals surface area (Å²) in [6, 6.07) is -0.646. The molecule has 0 aromatic heterocycles. The average Bonchev–Trinajstić information content (AvgIpc) is 3.15. The summed E-state index contributed by atoms with van der Waals surface area (Å²) in [7, 11) is 0. The molecule has 4 heteroatoms. The second-order valence-electron chi connectivity index (χ2n) is 13.3. The minimum Gasteiger partial charge on any atom is -0.394 e. The number of allylic oxidation sites excluding steroid dienone is 19. The molecule has 0 spiro atoms. The van der Waals surface area contributed by atoms with Crippen molar-refractivity contribution in [2.24, 2.45) is 0 Å². The number of aliphatic hydroxyl groups excluding tert-OH is 2. The lowest BCUT2D eigenvalue weighted by Gasteiger charge is -2.19. The van der Waals surface area contributed by atoms with E-state index in [1.54, 1.807) is 6.08 Å². The number of amides is 1. The van der Waals surface area contributed by atoms with Gasteiger partial charge in [0.25, 0.3) is 0 Å². The summed E-state index contributed by atoms with van der Waals surface area (Å²) in [6.45, 7) is 4.12. The smallest absolute Gasteiger partial charge is 0.220 e. The standard InChI is InChI=1S/C48H77NO3/c1-3-5-7-9-11-13-14-15-16-17-18-19-20-21-22-23-24-25-26-27-28-29-30-31-32-33-34-36-38-40-42-44-48(52)49-46(45-50)47(51)43-41-39-37-35-12-10-8-6-4-2/h5,7,11,13,15-16,18-19,21-22,24-25,27-28,30-31,33-34,41,43,46-47,50-51H,3-4,6,8-10,12,14,17,20,23,26,29,32,35-40,42,44-45H2,1-2H3,(H,49,52)/b7-5-,13-11-,16-15-,19-18-,22-21-,25-24-,28-27-,31-30-,34-33-,43-41+. The van der Waals surface area contributed by atoms with Crippen LogP contribution in [0.1, 0.15) is 155 Å². The highest BCUT2D eigenvalue weighted by Gasteiger charge is 2.17. The van der Waals surface area contributed by atoms with Gasteiger partial charge in [-0.25, -0.2) is 0 Å². The Bertz CT molecular complexity index is 1080. The summed E-state index contributed by atoms with van der Waals surface area (Å²) in [5, 5.41) is 22.8. The van der Waals surface area contributed by atoms with Crippen molar-refractivity contribution in [3.63, 3.8) is 0 Å². The summed E-state index contributed by atoms with van der Waals surface area (Å²) in [5.74, 6) is -0.106. The van der Waals surface area contributed by atoms with Gasteiger partial charge in [0.1, 0.15) is 0 Å². The maximum absolute atomic E-state index is 12.3. The topological polar surface area (TPSA) is 69.6 Å². The fraction of sp³-hybridized carbons (Fsp3) is 0.562. The molecule has 0 heterocycles. The number of hydrogen-bond acceptors (Lipinski definition) is 3. The van der Waals surface area contributed by atoms with Crippen LogP contribution in [0.4, 0.5) is 0 Å². The second-order valence-corrected chi connectivity index (χ2v) is 13.3. The Kier molecular flexibility index (Phi) is 39.6. The second kappa shape index (κ2) is 42.2. The number of aliphatic hydroxyl groups is 2. The van der Waals surface area contributed by atoms with Crippen molar-refractivity contribution in [3.05, 3.63) is 122 Å². The van der Waals surface area contributed by atoms with E-state index in [2.05, 4.69) is 129 Å². The van der Waals surface area contributed by atoms with Crippen molar-refractivity contribution < 1.29 is 15.0 Å². The highest BCUT2D eigenvalue weighted by Crippen LogP contribution is 2.10. The summed E-state index contributed by atoms with van der Waals surface area (Å²) >= 11 is 0. The van der Waals surface area contributed by atoms with Crippen LogP contribution >= 0.6 is 0 Å². The molecule has 2 unspecified atom stereocenters. The number of carbonyl (C=O) groups excluding carboxylic acids is 1. The first kappa shape index (κ1) is 48.8. The molecule has 0 aliphatic heterocycles. The van der Waals surface area contributed by atoms with Crippen LogP contribution in [-0.4, -0.2) is 34.9 Å². The monoisotopic (exact) mass is 716 g/mol. The van der Waals surface area contributed by atoms with E-state index >= 15 is 0 Å². The lowest BCUT2D eigenvalue weighted by molar-refractivity contribution is -0.123. The first-order chi connectivity index (χ1) is 25.7. The minimum atomic E-state index is -0.859. The first-order valence-electron chi connectivity index (χ1n) is 20.7. The highest BCUT2D eigenvalue weighted by atomic mass is 16.3. The Morgan fingerprint density at radius 1 is 0.481 bits per heavy atom. The van der Waals surface area contributed by atoms with Crippen molar-refractivity contribution in [2.75, 3.05) is 6.61 Å². The molecule has 3 N–H and O–H groups in total. The van der Waals surface area contributed by atoms with Gasteiger partial charge in [0.15, 0.2) is 0 Å². The van der Waals surface area contributed by atoms with Crippen LogP contribution in [0, 0.1) is 0 Å². The normalized spacial score (nSPS) is 14.3. The quantitative estimate of drug-likeness (QED) is 0.0452. The third kappa shape index (κ3) is 38.0. The van der Waals surface area contributed by atoms with E-state index in [1.165, 1.54) is 38.5 Å². The molecule has 0 radical (unpaired) electrons. The largest absolute Gasteiger partial charge is 0.394 e. The molecular formula is C48H77NO3. The van der Waals surface area contributed by atoms with E-state index in [-0.39, 0.29) is 12.5 Å². The summed E-state index contributed by atoms with van der Waals surface area (Å²) < 4.78 is 0. The van der Waals surface area contributed by atoms with E-state index in [0.29, 0.717) is 6.42 Å². The molecule has 0 bridgehead atoms. The maximum atomic E-state index is 12.3. The molecule has 0 aromatic rings. The molecule has 0 aliphatic rings. The molecule has 292 valence electrons. The number of nitrogens with one attached hydrogen (secondary N) is 1. The van der Waals surface area contributed by atoms with Gasteiger partial charge in [0, 0.05) is 6.42 Å². The average molecular weight is 716 g/mol. The molecule has 0 saturated heterocycles. The van der Waals surface area contributed by atoms with E-state index in [1.807, 2.05) is 6.08 Å². The molecular weight excluding hydrogens is 639 g/mol. The van der Waals surface area contributed by atoms with Crippen LogP contribution in [0.25, 0.3) is 0 Å². The van der Waals surface area contributed by atoms with E-state index in [0.717, 1.165) is 96.3 Å². The summed E-state index contributed by atoms with van der Waals surface area (Å²) in [4.78, 5) is 12.3. The predicted molar refractivity (Wildman–Crippen MR) is 229 cm³/mol. The Morgan fingerprint density at radius 3 is 1.27 bits per heavy atom. The SMILES string of the molecule is CC/C=C\C/C=C\C/C=C\C/C=C\C/C=C\C/C=C\C/C=C\C/C=C\C/C=C\CCCCCC(=O)NC(CO)C(O)/C=C/CCCCCCCCC. The lowest BCUT2D eigenvalue weighted by atomic mass is 10.1. The highest BCUT2D eigenvalue weighted by molar-refractivity contribution is 5.76. The van der Waals surface area contributed by atoms with Crippen molar-refractivity contribution in [2.45, 2.75) is 167 Å². The van der Waals surface area contributed by atoms with Gasteiger partial charge in [-0.3, -0.25) is 4.79 Å². The summed E-state index contributed by atoms with van der Waals surface area (Å²) in [6.07, 6.45) is 65.9. The number of hydrogen-bond donors (Lipinski definition) is 3. The van der Waals surface area contributed by atoms with Crippen molar-refractivity contribution in [3.8, 4) is 0 Å². The van der Waals surface area contributed by atoms with Gasteiger partial charge in [-0.2, -0.15) is 0 Å². The lowest BCUT2D eigenvalue weighted by Crippen LogP contribution is -2.45. The van der Waals surface area contributed by atoms with E-state index in [4.69, 9.17) is 0 Å². The van der Waals surface area contributed by atoms with Gasteiger partial charge in [-0.15, -0.1) is 0 Å². The van der Waals surface area contributed by atoms with E-state index < -0.39 is 12.1 Å². The Balaban J connectivity index is 3.75. The van der Waals surface area contributed by atoms with Crippen LogP contribution in [0.15, 0.2) is 122 Å². The van der Waals surface area contributed by atoms with Crippen LogP contribution in [0.3, 0.4) is 0 Å². The molecule has 0 aromatic carbocycles. The fourth-order valence-electron chi connectivity index (χ4n) is 5.28. The molecule has 0 rings (SSSR count). The third-order valence-corrected chi connectivity index (χ3v) is 8.45. The molecule has 0 fully saturated rings. The Morgan fingerprint density at radius 2 is 0.846 bits per heavy atom. The van der Waals surface area contributed by atoms with Crippen LogP contribution in [0.5, 0.6) is 0 Å². The van der Waals surface area contributed by atoms with Gasteiger partial charge in [0.05, 0.1) is 18.8 Å². The van der Waals surface area contributed by atoms with Crippen molar-refractivity contribution >= 4 is 5.91 Å². The molecule has 0 saturated carbocycles. The van der Waals surface area contributed by atoms with Gasteiger partial charge >= 0.3 is 0 Å². The molecule has 52 heavy (non-hydrogen) atoms. The summed E-state index contributed by atoms with van der Waals surface area (Å²) in [5.41, 5.74) is 0. The van der Waals surface area contributed by atoms with Crippen molar-refractivity contribution in [1.29, 1.82) is 0 Å². The Hall–Kier alpha value is -3.21. The van der Waals surface area contributed by atoms with Gasteiger partial charge in [0.2, 0.25) is 5.91 Å². The minimum absolute atomic E-state index is 0.106. The molecule has 2 atom stereocenters. The van der Waals surface area contributed by atoms with Crippen molar-refractivity contribution in [1.82, 2.24) is 5.32 Å².